The summed E-state index contributed by atoms with van der Waals surface area (Å²) in [5.74, 6) is 5.99. The zero-order chi connectivity index (χ0) is 14.3. The standard InChI is InChI=1S/C15H19N3O2/c1-18-13-5-3-9(15(19)17-16)7-11(13)12-8-10(20-2)4-6-14(12)18/h4,6,8-9H,3,5,7,16H2,1-2H3,(H,17,19). The van der Waals surface area contributed by atoms with E-state index in [0.29, 0.717) is 0 Å². The minimum Gasteiger partial charge on any atom is -0.497 e. The Morgan fingerprint density at radius 3 is 3.00 bits per heavy atom. The molecule has 106 valence electrons. The van der Waals surface area contributed by atoms with Crippen molar-refractivity contribution >= 4 is 16.8 Å². The van der Waals surface area contributed by atoms with E-state index in [1.54, 1.807) is 7.11 Å². The Labute approximate surface area is 117 Å². The number of nitrogens with zero attached hydrogens (tertiary/aromatic N) is 1. The lowest BCUT2D eigenvalue weighted by Gasteiger charge is -2.21. The number of hydrazine groups is 1. The summed E-state index contributed by atoms with van der Waals surface area (Å²) in [6, 6.07) is 6.10. The summed E-state index contributed by atoms with van der Waals surface area (Å²) >= 11 is 0. The molecule has 1 aromatic heterocycles. The minimum absolute atomic E-state index is 0.0377. The van der Waals surface area contributed by atoms with Crippen molar-refractivity contribution in [1.29, 1.82) is 0 Å². The fraction of sp³-hybridized carbons (Fsp3) is 0.400. The summed E-state index contributed by atoms with van der Waals surface area (Å²) in [7, 11) is 3.75. The highest BCUT2D eigenvalue weighted by Crippen LogP contribution is 2.35. The molecule has 5 heteroatoms. The first-order chi connectivity index (χ1) is 9.65. The lowest BCUT2D eigenvalue weighted by atomic mass is 9.86. The lowest BCUT2D eigenvalue weighted by Crippen LogP contribution is -2.38. The van der Waals surface area contributed by atoms with Crippen molar-refractivity contribution in [3.63, 3.8) is 0 Å². The fourth-order valence-corrected chi connectivity index (χ4v) is 3.23. The molecule has 1 aliphatic rings. The third-order valence-electron chi connectivity index (χ3n) is 4.34. The monoisotopic (exact) mass is 273 g/mol. The first-order valence-corrected chi connectivity index (χ1v) is 6.80. The maximum Gasteiger partial charge on any atom is 0.237 e. The molecule has 0 saturated heterocycles. The molecule has 0 spiro atoms. The number of ether oxygens (including phenoxy) is 1. The molecule has 0 saturated carbocycles. The van der Waals surface area contributed by atoms with E-state index in [0.717, 1.165) is 25.0 Å². The summed E-state index contributed by atoms with van der Waals surface area (Å²) in [5, 5.41) is 1.18. The number of methoxy groups -OCH3 is 1. The Bertz CT molecular complexity index is 675. The third kappa shape index (κ3) is 1.86. The number of nitrogens with one attached hydrogen (secondary N) is 1. The highest BCUT2D eigenvalue weighted by molar-refractivity contribution is 5.88. The van der Waals surface area contributed by atoms with Crippen LogP contribution in [0.3, 0.4) is 0 Å². The molecule has 1 aromatic carbocycles. The predicted molar refractivity (Wildman–Crippen MR) is 77.3 cm³/mol. The van der Waals surface area contributed by atoms with Gasteiger partial charge < -0.3 is 9.30 Å². The maximum atomic E-state index is 11.8. The second-order valence-corrected chi connectivity index (χ2v) is 5.32. The van der Waals surface area contributed by atoms with Gasteiger partial charge in [-0.3, -0.25) is 10.2 Å². The van der Waals surface area contributed by atoms with Crippen molar-refractivity contribution in [3.8, 4) is 5.75 Å². The summed E-state index contributed by atoms with van der Waals surface area (Å²) in [4.78, 5) is 11.8. The van der Waals surface area contributed by atoms with Crippen molar-refractivity contribution in [2.24, 2.45) is 18.8 Å². The number of nitrogens with two attached hydrogens (primary N) is 1. The number of carbonyl (C=O) groups is 1. The number of amides is 1. The average molecular weight is 273 g/mol. The van der Waals surface area contributed by atoms with Gasteiger partial charge in [0, 0.05) is 29.6 Å². The Hall–Kier alpha value is -2.01. The van der Waals surface area contributed by atoms with Crippen LogP contribution in [0.25, 0.3) is 10.9 Å². The summed E-state index contributed by atoms with van der Waals surface area (Å²) < 4.78 is 7.53. The Kier molecular flexibility index (Phi) is 3.14. The van der Waals surface area contributed by atoms with E-state index in [9.17, 15) is 4.79 Å². The van der Waals surface area contributed by atoms with Gasteiger partial charge in [-0.15, -0.1) is 0 Å². The Balaban J connectivity index is 2.11. The topological polar surface area (TPSA) is 69.3 Å². The van der Waals surface area contributed by atoms with E-state index in [1.165, 1.54) is 22.2 Å². The molecule has 0 radical (unpaired) electrons. The highest BCUT2D eigenvalue weighted by Gasteiger charge is 2.28. The molecule has 1 aliphatic carbocycles. The van der Waals surface area contributed by atoms with Crippen LogP contribution in [-0.4, -0.2) is 17.6 Å². The molecule has 0 bridgehead atoms. The molecule has 0 fully saturated rings. The summed E-state index contributed by atoms with van der Waals surface area (Å²) in [5.41, 5.74) is 6.02. The molecule has 5 nitrogen and oxygen atoms in total. The summed E-state index contributed by atoms with van der Waals surface area (Å²) in [6.07, 6.45) is 2.49. The van der Waals surface area contributed by atoms with Crippen LogP contribution >= 0.6 is 0 Å². The van der Waals surface area contributed by atoms with Gasteiger partial charge in [0.25, 0.3) is 0 Å². The van der Waals surface area contributed by atoms with Gasteiger partial charge in [0.15, 0.2) is 0 Å². The van der Waals surface area contributed by atoms with Gasteiger partial charge >= 0.3 is 0 Å². The second kappa shape index (κ2) is 4.83. The molecule has 2 aromatic rings. The third-order valence-corrected chi connectivity index (χ3v) is 4.34. The van der Waals surface area contributed by atoms with E-state index < -0.39 is 0 Å². The van der Waals surface area contributed by atoms with E-state index >= 15 is 0 Å². The zero-order valence-corrected chi connectivity index (χ0v) is 11.8. The predicted octanol–water partition coefficient (Wildman–Crippen LogP) is 1.28. The number of benzene rings is 1. The quantitative estimate of drug-likeness (QED) is 0.492. The Morgan fingerprint density at radius 1 is 1.50 bits per heavy atom. The molecular formula is C15H19N3O2. The van der Waals surface area contributed by atoms with Gasteiger partial charge in [-0.1, -0.05) is 0 Å². The van der Waals surface area contributed by atoms with E-state index in [4.69, 9.17) is 10.6 Å². The van der Waals surface area contributed by atoms with E-state index in [-0.39, 0.29) is 11.8 Å². The molecule has 1 amide bonds. The van der Waals surface area contributed by atoms with Crippen LogP contribution in [-0.2, 0) is 24.7 Å². The second-order valence-electron chi connectivity index (χ2n) is 5.32. The van der Waals surface area contributed by atoms with E-state index in [1.807, 2.05) is 6.07 Å². The number of aromatic nitrogens is 1. The van der Waals surface area contributed by atoms with Crippen molar-refractivity contribution in [1.82, 2.24) is 9.99 Å². The van der Waals surface area contributed by atoms with Crippen molar-refractivity contribution in [2.45, 2.75) is 19.3 Å². The van der Waals surface area contributed by atoms with Crippen LogP contribution in [0.4, 0.5) is 0 Å². The van der Waals surface area contributed by atoms with Gasteiger partial charge in [-0.25, -0.2) is 5.84 Å². The molecule has 1 heterocycles. The van der Waals surface area contributed by atoms with Crippen molar-refractivity contribution in [2.75, 3.05) is 7.11 Å². The minimum atomic E-state index is -0.0736. The van der Waals surface area contributed by atoms with Gasteiger partial charge in [-0.2, -0.15) is 0 Å². The molecule has 0 aliphatic heterocycles. The SMILES string of the molecule is COc1ccc2c(c1)c1c(n2C)CCC(C(=O)NN)C1. The largest absolute Gasteiger partial charge is 0.497 e. The van der Waals surface area contributed by atoms with Crippen LogP contribution in [0.5, 0.6) is 5.75 Å². The highest BCUT2D eigenvalue weighted by atomic mass is 16.5. The lowest BCUT2D eigenvalue weighted by molar-refractivity contribution is -0.125. The van der Waals surface area contributed by atoms with Crippen molar-refractivity contribution < 1.29 is 9.53 Å². The number of hydrogen-bond donors (Lipinski definition) is 2. The summed E-state index contributed by atoms with van der Waals surface area (Å²) in [6.45, 7) is 0. The smallest absolute Gasteiger partial charge is 0.237 e. The zero-order valence-electron chi connectivity index (χ0n) is 11.8. The number of aryl methyl sites for hydroxylation is 1. The van der Waals surface area contributed by atoms with Gasteiger partial charge in [0.2, 0.25) is 5.91 Å². The number of carbonyl (C=O) groups excluding carboxylic acids is 1. The first kappa shape index (κ1) is 13.0. The number of hydrogen-bond acceptors (Lipinski definition) is 3. The van der Waals surface area contributed by atoms with Crippen LogP contribution in [0, 0.1) is 5.92 Å². The maximum absolute atomic E-state index is 11.8. The molecule has 3 rings (SSSR count). The van der Waals surface area contributed by atoms with Crippen molar-refractivity contribution in [3.05, 3.63) is 29.5 Å². The molecule has 1 unspecified atom stereocenters. The average Bonchev–Trinajstić information content (AvgIpc) is 2.78. The molecular weight excluding hydrogens is 254 g/mol. The van der Waals surface area contributed by atoms with Crippen LogP contribution in [0.2, 0.25) is 0 Å². The van der Waals surface area contributed by atoms with Gasteiger partial charge in [0.05, 0.1) is 7.11 Å². The molecule has 3 N–H and O–H groups in total. The number of rotatable bonds is 2. The van der Waals surface area contributed by atoms with Crippen LogP contribution in [0.15, 0.2) is 18.2 Å². The van der Waals surface area contributed by atoms with E-state index in [2.05, 4.69) is 29.2 Å². The van der Waals surface area contributed by atoms with Crippen LogP contribution < -0.4 is 16.0 Å². The van der Waals surface area contributed by atoms with Gasteiger partial charge in [-0.05, 0) is 43.0 Å². The van der Waals surface area contributed by atoms with Crippen LogP contribution in [0.1, 0.15) is 17.7 Å². The molecule has 20 heavy (non-hydrogen) atoms. The molecule has 1 atom stereocenters. The number of fused-ring (bicyclic) bond motifs is 3. The Morgan fingerprint density at radius 2 is 2.30 bits per heavy atom. The normalized spacial score (nSPS) is 17.9. The first-order valence-electron chi connectivity index (χ1n) is 6.80. The fourth-order valence-electron chi connectivity index (χ4n) is 3.23. The van der Waals surface area contributed by atoms with Gasteiger partial charge in [0.1, 0.15) is 5.75 Å².